The molecule has 10 heteroatoms. The van der Waals surface area contributed by atoms with Gasteiger partial charge in [-0.1, -0.05) is 0 Å². The quantitative estimate of drug-likeness (QED) is 0.367. The van der Waals surface area contributed by atoms with Crippen LogP contribution in [0.25, 0.3) is 0 Å². The molecular formula is C26H28BrN5O4. The number of carbonyl (C=O) groups is 2. The van der Waals surface area contributed by atoms with E-state index in [1.807, 2.05) is 32.0 Å². The Morgan fingerprint density at radius 3 is 2.69 bits per heavy atom. The highest BCUT2D eigenvalue weighted by molar-refractivity contribution is 9.10. The molecule has 0 saturated carbocycles. The Kier molecular flexibility index (Phi) is 7.83. The molecule has 2 aliphatic heterocycles. The first kappa shape index (κ1) is 25.9. The van der Waals surface area contributed by atoms with Gasteiger partial charge in [-0.05, 0) is 79.4 Å². The van der Waals surface area contributed by atoms with Crippen LogP contribution in [-0.2, 0) is 11.2 Å². The maximum atomic E-state index is 12.7. The fraction of sp³-hybridized carbons (Fsp3) is 0.423. The number of imide groups is 1. The third kappa shape index (κ3) is 5.05. The number of nitriles is 1. The summed E-state index contributed by atoms with van der Waals surface area (Å²) in [4.78, 5) is 28.5. The molecule has 2 aliphatic rings. The summed E-state index contributed by atoms with van der Waals surface area (Å²) in [6, 6.07) is 9.20. The van der Waals surface area contributed by atoms with Gasteiger partial charge in [-0.15, -0.1) is 5.11 Å². The minimum Gasteiger partial charge on any atom is -0.389 e. The predicted molar refractivity (Wildman–Crippen MR) is 138 cm³/mol. The van der Waals surface area contributed by atoms with E-state index in [1.165, 1.54) is 6.07 Å². The molecule has 0 saturated heterocycles. The molecular weight excluding hydrogens is 526 g/mol. The number of benzene rings is 2. The lowest BCUT2D eigenvalue weighted by molar-refractivity contribution is 0.00880. The van der Waals surface area contributed by atoms with E-state index in [2.05, 4.69) is 37.1 Å². The molecule has 2 aromatic carbocycles. The lowest BCUT2D eigenvalue weighted by Crippen LogP contribution is -2.38. The van der Waals surface area contributed by atoms with Crippen molar-refractivity contribution < 1.29 is 19.4 Å². The summed E-state index contributed by atoms with van der Waals surface area (Å²) in [5.41, 5.74) is 3.52. The summed E-state index contributed by atoms with van der Waals surface area (Å²) >= 11 is 3.39. The van der Waals surface area contributed by atoms with Crippen molar-refractivity contribution in [3.8, 4) is 6.07 Å². The molecule has 2 heterocycles. The Morgan fingerprint density at radius 2 is 2.00 bits per heavy atom. The van der Waals surface area contributed by atoms with E-state index < -0.39 is 17.9 Å². The number of halogens is 1. The van der Waals surface area contributed by atoms with E-state index in [0.29, 0.717) is 12.2 Å². The normalized spacial score (nSPS) is 16.0. The number of hydrogen-bond acceptors (Lipinski definition) is 8. The largest absolute Gasteiger partial charge is 0.389 e. The van der Waals surface area contributed by atoms with Crippen molar-refractivity contribution in [2.24, 2.45) is 10.2 Å². The Hall–Kier alpha value is -3.13. The molecule has 0 aromatic heterocycles. The maximum Gasteiger partial charge on any atom is 0.262 e. The van der Waals surface area contributed by atoms with Crippen LogP contribution in [-0.4, -0.2) is 60.3 Å². The van der Waals surface area contributed by atoms with E-state index in [9.17, 15) is 20.0 Å². The van der Waals surface area contributed by atoms with Gasteiger partial charge >= 0.3 is 0 Å². The molecule has 0 radical (unpaired) electrons. The number of aryl methyl sites for hydroxylation is 1. The first-order valence-electron chi connectivity index (χ1n) is 12.0. The SMILES string of the molecule is CCN1C(=O)c2cc(C#N)c(/N=N/c3ccc4c(c3)CCCN4CC(O)COC(C)C)c(Br)c2C1=O. The van der Waals surface area contributed by atoms with Gasteiger partial charge in [0, 0.05) is 25.3 Å². The van der Waals surface area contributed by atoms with Crippen LogP contribution < -0.4 is 4.90 Å². The molecule has 0 fully saturated rings. The van der Waals surface area contributed by atoms with Crippen LogP contribution >= 0.6 is 15.9 Å². The number of hydrogen-bond donors (Lipinski definition) is 1. The van der Waals surface area contributed by atoms with Crippen molar-refractivity contribution >= 4 is 44.8 Å². The second-order valence-electron chi connectivity index (χ2n) is 9.07. The summed E-state index contributed by atoms with van der Waals surface area (Å²) in [6.07, 6.45) is 1.31. The molecule has 188 valence electrons. The van der Waals surface area contributed by atoms with Crippen molar-refractivity contribution in [2.75, 3.05) is 31.1 Å². The Balaban J connectivity index is 1.59. The number of carbonyl (C=O) groups excluding carboxylic acids is 2. The number of nitrogens with zero attached hydrogens (tertiary/aromatic N) is 5. The van der Waals surface area contributed by atoms with Crippen molar-refractivity contribution in [1.82, 2.24) is 4.90 Å². The van der Waals surface area contributed by atoms with E-state index in [-0.39, 0.29) is 46.1 Å². The van der Waals surface area contributed by atoms with Crippen LogP contribution in [0.5, 0.6) is 0 Å². The first-order chi connectivity index (χ1) is 17.2. The fourth-order valence-corrected chi connectivity index (χ4v) is 5.17. The van der Waals surface area contributed by atoms with Crippen molar-refractivity contribution in [1.29, 1.82) is 5.26 Å². The molecule has 36 heavy (non-hydrogen) atoms. The zero-order chi connectivity index (χ0) is 26.0. The van der Waals surface area contributed by atoms with E-state index in [1.54, 1.807) is 6.92 Å². The number of anilines is 1. The molecule has 1 atom stereocenters. The average molecular weight is 554 g/mol. The number of rotatable bonds is 8. The standard InChI is InChI=1S/C26H28BrN5O4/c1-4-32-25(34)20-11-17(12-28)24(23(27)22(20)26(32)35)30-29-18-7-8-21-16(10-18)6-5-9-31(21)13-19(33)14-36-15(2)3/h7-8,10-11,15,19,33H,4-6,9,13-14H2,1-3H3/b30-29+. The van der Waals surface area contributed by atoms with Crippen LogP contribution in [0.1, 0.15) is 59.0 Å². The van der Waals surface area contributed by atoms with Crippen LogP contribution in [0.4, 0.5) is 17.1 Å². The molecule has 9 nitrogen and oxygen atoms in total. The molecule has 0 aliphatic carbocycles. The second kappa shape index (κ2) is 10.9. The molecule has 1 N–H and O–H groups in total. The van der Waals surface area contributed by atoms with Gasteiger partial charge in [0.15, 0.2) is 0 Å². The Morgan fingerprint density at radius 1 is 1.22 bits per heavy atom. The van der Waals surface area contributed by atoms with Gasteiger partial charge in [0.1, 0.15) is 11.8 Å². The Bertz CT molecular complexity index is 1270. The van der Waals surface area contributed by atoms with Crippen LogP contribution in [0.3, 0.4) is 0 Å². The van der Waals surface area contributed by atoms with Gasteiger partial charge in [-0.3, -0.25) is 14.5 Å². The molecule has 0 bridgehead atoms. The van der Waals surface area contributed by atoms with Crippen LogP contribution in [0.15, 0.2) is 39.0 Å². The van der Waals surface area contributed by atoms with Gasteiger partial charge in [0.25, 0.3) is 11.8 Å². The summed E-state index contributed by atoms with van der Waals surface area (Å²) < 4.78 is 5.82. The predicted octanol–water partition coefficient (Wildman–Crippen LogP) is 4.89. The monoisotopic (exact) mass is 553 g/mol. The van der Waals surface area contributed by atoms with E-state index in [0.717, 1.165) is 35.5 Å². The van der Waals surface area contributed by atoms with Crippen molar-refractivity contribution in [3.63, 3.8) is 0 Å². The zero-order valence-corrected chi connectivity index (χ0v) is 22.1. The summed E-state index contributed by atoms with van der Waals surface area (Å²) in [5, 5.41) is 28.7. The highest BCUT2D eigenvalue weighted by atomic mass is 79.9. The first-order valence-corrected chi connectivity index (χ1v) is 12.8. The molecule has 2 aromatic rings. The van der Waals surface area contributed by atoms with Gasteiger partial charge in [0.05, 0.1) is 45.7 Å². The average Bonchev–Trinajstić information content (AvgIpc) is 3.10. The number of aliphatic hydroxyl groups is 1. The van der Waals surface area contributed by atoms with Gasteiger partial charge in [0.2, 0.25) is 0 Å². The smallest absolute Gasteiger partial charge is 0.262 e. The molecule has 4 rings (SSSR count). The van der Waals surface area contributed by atoms with Crippen LogP contribution in [0, 0.1) is 11.3 Å². The molecule has 1 unspecified atom stereocenters. The number of azo groups is 1. The highest BCUT2D eigenvalue weighted by Gasteiger charge is 2.38. The van der Waals surface area contributed by atoms with Gasteiger partial charge in [-0.2, -0.15) is 10.4 Å². The lowest BCUT2D eigenvalue weighted by Gasteiger charge is -2.33. The fourth-order valence-electron chi connectivity index (χ4n) is 4.49. The van der Waals surface area contributed by atoms with E-state index >= 15 is 0 Å². The topological polar surface area (TPSA) is 119 Å². The highest BCUT2D eigenvalue weighted by Crippen LogP contribution is 2.40. The number of aliphatic hydroxyl groups excluding tert-OH is 1. The van der Waals surface area contributed by atoms with E-state index in [4.69, 9.17) is 4.74 Å². The van der Waals surface area contributed by atoms with Gasteiger partial charge < -0.3 is 14.7 Å². The van der Waals surface area contributed by atoms with Crippen molar-refractivity contribution in [3.05, 3.63) is 51.0 Å². The molecule has 0 spiro atoms. The third-order valence-electron chi connectivity index (χ3n) is 6.21. The molecule has 2 amide bonds. The Labute approximate surface area is 218 Å². The number of amides is 2. The number of β-amino-alcohol motifs (C(OH)–C–C–N with tert-alkyl or cyclic N) is 1. The minimum absolute atomic E-state index is 0.0673. The second-order valence-corrected chi connectivity index (χ2v) is 9.87. The lowest BCUT2D eigenvalue weighted by atomic mass is 10.0. The summed E-state index contributed by atoms with van der Waals surface area (Å²) in [7, 11) is 0. The number of fused-ring (bicyclic) bond motifs is 2. The number of ether oxygens (including phenoxy) is 1. The van der Waals surface area contributed by atoms with Crippen molar-refractivity contribution in [2.45, 2.75) is 45.8 Å². The summed E-state index contributed by atoms with van der Waals surface area (Å²) in [5.74, 6) is -0.835. The minimum atomic E-state index is -0.586. The zero-order valence-electron chi connectivity index (χ0n) is 20.5. The maximum absolute atomic E-state index is 12.7. The van der Waals surface area contributed by atoms with Crippen LogP contribution in [0.2, 0.25) is 0 Å². The van der Waals surface area contributed by atoms with Gasteiger partial charge in [-0.25, -0.2) is 0 Å². The third-order valence-corrected chi connectivity index (χ3v) is 6.98. The summed E-state index contributed by atoms with van der Waals surface area (Å²) in [6.45, 7) is 7.46.